The second kappa shape index (κ2) is 8.66. The van der Waals surface area contributed by atoms with Crippen molar-refractivity contribution in [1.82, 2.24) is 4.90 Å². The first-order valence-corrected chi connectivity index (χ1v) is 9.79. The highest BCUT2D eigenvalue weighted by atomic mass is 35.5. The van der Waals surface area contributed by atoms with E-state index >= 15 is 0 Å². The molecule has 0 aromatic heterocycles. The van der Waals surface area contributed by atoms with E-state index in [-0.39, 0.29) is 18.1 Å². The van der Waals surface area contributed by atoms with E-state index in [1.54, 1.807) is 18.2 Å². The lowest BCUT2D eigenvalue weighted by atomic mass is 9.93. The van der Waals surface area contributed by atoms with E-state index in [0.717, 1.165) is 31.2 Å². The molecule has 0 aliphatic heterocycles. The first-order valence-electron chi connectivity index (χ1n) is 9.41. The number of ketones is 1. The van der Waals surface area contributed by atoms with Crippen LogP contribution in [0, 0.1) is 0 Å². The van der Waals surface area contributed by atoms with Crippen LogP contribution in [0.1, 0.15) is 63.4 Å². The van der Waals surface area contributed by atoms with Gasteiger partial charge in [-0.25, -0.2) is 0 Å². The minimum absolute atomic E-state index is 0.00674. The first-order chi connectivity index (χ1) is 12.1. The van der Waals surface area contributed by atoms with Gasteiger partial charge in [0.25, 0.3) is 0 Å². The van der Waals surface area contributed by atoms with Gasteiger partial charge in [0, 0.05) is 29.9 Å². The molecule has 0 spiro atoms. The van der Waals surface area contributed by atoms with Crippen molar-refractivity contribution in [3.8, 4) is 0 Å². The van der Waals surface area contributed by atoms with Crippen LogP contribution in [0.25, 0.3) is 6.08 Å². The van der Waals surface area contributed by atoms with E-state index in [2.05, 4.69) is 4.90 Å². The van der Waals surface area contributed by atoms with E-state index in [9.17, 15) is 9.59 Å². The summed E-state index contributed by atoms with van der Waals surface area (Å²) in [6.45, 7) is 0. The number of nitrogens with zero attached hydrogens (tertiary/aromatic N) is 1. The highest BCUT2D eigenvalue weighted by molar-refractivity contribution is 6.30. The summed E-state index contributed by atoms with van der Waals surface area (Å²) in [6.07, 6.45) is 12.2. The molecule has 2 fully saturated rings. The molecule has 0 radical (unpaired) electrons. The smallest absolute Gasteiger partial charge is 0.223 e. The normalized spacial score (nSPS) is 18.4. The zero-order valence-corrected chi connectivity index (χ0v) is 15.4. The number of hydrogen-bond acceptors (Lipinski definition) is 2. The summed E-state index contributed by atoms with van der Waals surface area (Å²) in [6, 6.07) is 8.22. The largest absolute Gasteiger partial charge is 0.337 e. The average Bonchev–Trinajstić information content (AvgIpc) is 3.44. The lowest BCUT2D eigenvalue weighted by Crippen LogP contribution is -2.43. The van der Waals surface area contributed by atoms with Crippen molar-refractivity contribution < 1.29 is 9.59 Å². The van der Waals surface area contributed by atoms with Gasteiger partial charge in [0.15, 0.2) is 5.78 Å². The molecule has 0 saturated heterocycles. The van der Waals surface area contributed by atoms with Crippen LogP contribution in [-0.2, 0) is 9.59 Å². The number of benzene rings is 1. The molecule has 0 N–H and O–H groups in total. The predicted molar refractivity (Wildman–Crippen MR) is 101 cm³/mol. The van der Waals surface area contributed by atoms with Crippen LogP contribution in [0.15, 0.2) is 30.3 Å². The Kier molecular flexibility index (Phi) is 6.30. The number of hydrogen-bond donors (Lipinski definition) is 0. The Morgan fingerprint density at radius 2 is 1.76 bits per heavy atom. The molecule has 3 nitrogen and oxygen atoms in total. The van der Waals surface area contributed by atoms with Gasteiger partial charge in [-0.1, -0.05) is 49.1 Å². The highest BCUT2D eigenvalue weighted by Gasteiger charge is 2.37. The van der Waals surface area contributed by atoms with Gasteiger partial charge < -0.3 is 4.90 Å². The fourth-order valence-corrected chi connectivity index (χ4v) is 3.86. The molecular weight excluding hydrogens is 334 g/mol. The lowest BCUT2D eigenvalue weighted by Gasteiger charge is -2.34. The van der Waals surface area contributed by atoms with Crippen molar-refractivity contribution in [3.05, 3.63) is 40.9 Å². The van der Waals surface area contributed by atoms with Crippen molar-refractivity contribution in [2.45, 2.75) is 69.9 Å². The van der Waals surface area contributed by atoms with Crippen LogP contribution >= 0.6 is 11.6 Å². The van der Waals surface area contributed by atoms with Gasteiger partial charge in [-0.2, -0.15) is 0 Å². The van der Waals surface area contributed by atoms with Crippen molar-refractivity contribution in [3.63, 3.8) is 0 Å². The maximum absolute atomic E-state index is 12.7. The summed E-state index contributed by atoms with van der Waals surface area (Å²) in [7, 11) is 0. The summed E-state index contributed by atoms with van der Waals surface area (Å²) >= 11 is 5.94. The Balaban J connectivity index is 1.50. The molecule has 0 unspecified atom stereocenters. The summed E-state index contributed by atoms with van der Waals surface area (Å²) in [5, 5.41) is 0.650. The molecule has 25 heavy (non-hydrogen) atoms. The van der Waals surface area contributed by atoms with Crippen molar-refractivity contribution in [1.29, 1.82) is 0 Å². The highest BCUT2D eigenvalue weighted by Crippen LogP contribution is 2.34. The molecule has 0 bridgehead atoms. The fourth-order valence-electron chi connectivity index (χ4n) is 3.66. The zero-order chi connectivity index (χ0) is 17.6. The van der Waals surface area contributed by atoms with Crippen LogP contribution in [-0.4, -0.2) is 28.7 Å². The topological polar surface area (TPSA) is 37.4 Å². The number of rotatable bonds is 7. The average molecular weight is 360 g/mol. The molecule has 134 valence electrons. The molecule has 1 aromatic rings. The quantitative estimate of drug-likeness (QED) is 0.640. The molecule has 0 atom stereocenters. The van der Waals surface area contributed by atoms with E-state index in [1.165, 1.54) is 19.3 Å². The summed E-state index contributed by atoms with van der Waals surface area (Å²) in [5.74, 6) is 0.159. The van der Waals surface area contributed by atoms with Gasteiger partial charge in [0.05, 0.1) is 0 Å². The number of carbonyl (C=O) groups is 2. The zero-order valence-electron chi connectivity index (χ0n) is 14.6. The van der Waals surface area contributed by atoms with E-state index in [4.69, 9.17) is 11.6 Å². The van der Waals surface area contributed by atoms with Crippen LogP contribution in [0.5, 0.6) is 0 Å². The predicted octanol–water partition coefficient (Wildman–Crippen LogP) is 5.03. The second-order valence-corrected chi connectivity index (χ2v) is 7.62. The van der Waals surface area contributed by atoms with Crippen LogP contribution in [0.4, 0.5) is 0 Å². The standard InChI is InChI=1S/C21H26ClNO2/c22-17-6-4-5-16(15-17)9-12-20(24)13-14-21(25)23(19-10-11-19)18-7-2-1-3-8-18/h4-6,9,12,15,18-19H,1-3,7-8,10-11,13-14H2/b12-9+. The summed E-state index contributed by atoms with van der Waals surface area (Å²) in [4.78, 5) is 26.9. The van der Waals surface area contributed by atoms with Crippen molar-refractivity contribution in [2.24, 2.45) is 0 Å². The Labute approximate surface area is 155 Å². The Morgan fingerprint density at radius 1 is 1.04 bits per heavy atom. The third kappa shape index (κ3) is 5.43. The van der Waals surface area contributed by atoms with E-state index < -0.39 is 0 Å². The minimum Gasteiger partial charge on any atom is -0.337 e. The fraction of sp³-hybridized carbons (Fsp3) is 0.524. The summed E-state index contributed by atoms with van der Waals surface area (Å²) < 4.78 is 0. The third-order valence-electron chi connectivity index (χ3n) is 5.09. The second-order valence-electron chi connectivity index (χ2n) is 7.18. The Morgan fingerprint density at radius 3 is 2.44 bits per heavy atom. The third-order valence-corrected chi connectivity index (χ3v) is 5.33. The molecule has 0 heterocycles. The van der Waals surface area contributed by atoms with E-state index in [1.807, 2.05) is 18.2 Å². The van der Waals surface area contributed by atoms with Crippen molar-refractivity contribution >= 4 is 29.4 Å². The number of allylic oxidation sites excluding steroid dienone is 1. The number of amides is 1. The van der Waals surface area contributed by atoms with Crippen molar-refractivity contribution in [2.75, 3.05) is 0 Å². The molecule has 2 aliphatic rings. The maximum atomic E-state index is 12.7. The SMILES string of the molecule is O=C(/C=C/c1cccc(Cl)c1)CCC(=O)N(C1CCCCC1)C1CC1. The van der Waals surface area contributed by atoms with Gasteiger partial charge in [-0.3, -0.25) is 9.59 Å². The molecule has 1 amide bonds. The van der Waals surface area contributed by atoms with Gasteiger partial charge in [0.1, 0.15) is 0 Å². The van der Waals surface area contributed by atoms with Gasteiger partial charge >= 0.3 is 0 Å². The number of halogens is 1. The molecule has 2 saturated carbocycles. The van der Waals surface area contributed by atoms with Crippen LogP contribution in [0.2, 0.25) is 5.02 Å². The Bertz CT molecular complexity index is 645. The lowest BCUT2D eigenvalue weighted by molar-refractivity contribution is -0.136. The number of carbonyl (C=O) groups excluding carboxylic acids is 2. The molecule has 1 aromatic carbocycles. The van der Waals surface area contributed by atoms with Crippen LogP contribution < -0.4 is 0 Å². The minimum atomic E-state index is -0.00674. The molecule has 4 heteroatoms. The monoisotopic (exact) mass is 359 g/mol. The van der Waals surface area contributed by atoms with Crippen LogP contribution in [0.3, 0.4) is 0 Å². The summed E-state index contributed by atoms with van der Waals surface area (Å²) in [5.41, 5.74) is 0.897. The van der Waals surface area contributed by atoms with Gasteiger partial charge in [-0.05, 0) is 49.5 Å². The molecule has 2 aliphatic carbocycles. The van der Waals surface area contributed by atoms with Gasteiger partial charge in [0.2, 0.25) is 5.91 Å². The van der Waals surface area contributed by atoms with E-state index in [0.29, 0.717) is 23.5 Å². The first kappa shape index (κ1) is 18.2. The molecule has 3 rings (SSSR count). The van der Waals surface area contributed by atoms with Gasteiger partial charge in [-0.15, -0.1) is 0 Å². The maximum Gasteiger partial charge on any atom is 0.223 e. The molecular formula is C21H26ClNO2. The Hall–Kier alpha value is -1.61.